The van der Waals surface area contributed by atoms with Gasteiger partial charge in [-0.2, -0.15) is 0 Å². The number of furan rings is 1. The van der Waals surface area contributed by atoms with Gasteiger partial charge in [-0.3, -0.25) is 4.79 Å². The summed E-state index contributed by atoms with van der Waals surface area (Å²) in [5.41, 5.74) is 0.775. The molecule has 0 saturated carbocycles. The summed E-state index contributed by atoms with van der Waals surface area (Å²) in [5, 5.41) is 2.64. The molecule has 17 heavy (non-hydrogen) atoms. The number of hydrogen-bond donors (Lipinski definition) is 1. The molecular formula is C12H12N2O3. The third-order valence-electron chi connectivity index (χ3n) is 2.29. The molecule has 2 aromatic rings. The molecule has 0 aliphatic heterocycles. The molecule has 0 aliphatic carbocycles. The van der Waals surface area contributed by atoms with E-state index in [-0.39, 0.29) is 11.7 Å². The van der Waals surface area contributed by atoms with E-state index in [0.717, 1.165) is 5.56 Å². The van der Waals surface area contributed by atoms with Crippen LogP contribution in [0.25, 0.3) is 0 Å². The van der Waals surface area contributed by atoms with Gasteiger partial charge in [-0.05, 0) is 25.1 Å². The van der Waals surface area contributed by atoms with E-state index in [9.17, 15) is 4.79 Å². The first-order valence-corrected chi connectivity index (χ1v) is 5.07. The molecule has 0 aromatic carbocycles. The number of amides is 1. The van der Waals surface area contributed by atoms with Gasteiger partial charge in [0.25, 0.3) is 5.91 Å². The smallest absolute Gasteiger partial charge is 0.292 e. The zero-order valence-corrected chi connectivity index (χ0v) is 9.56. The Kier molecular flexibility index (Phi) is 3.09. The molecule has 88 valence electrons. The fraction of sp³-hybridized carbons (Fsp3) is 0.167. The Bertz CT molecular complexity index is 534. The number of rotatable bonds is 3. The average molecular weight is 232 g/mol. The number of anilines is 1. The highest BCUT2D eigenvalue weighted by Gasteiger charge is 2.15. The first-order valence-electron chi connectivity index (χ1n) is 5.07. The minimum Gasteiger partial charge on any atom is -0.493 e. The molecule has 0 atom stereocenters. The van der Waals surface area contributed by atoms with Gasteiger partial charge < -0.3 is 14.5 Å². The number of ether oxygens (including phenoxy) is 1. The van der Waals surface area contributed by atoms with E-state index in [4.69, 9.17) is 9.15 Å². The highest BCUT2D eigenvalue weighted by molar-refractivity contribution is 6.03. The van der Waals surface area contributed by atoms with E-state index in [1.165, 1.54) is 13.4 Å². The molecule has 2 rings (SSSR count). The summed E-state index contributed by atoms with van der Waals surface area (Å²) in [7, 11) is 1.52. The lowest BCUT2D eigenvalue weighted by molar-refractivity contribution is 0.0995. The maximum Gasteiger partial charge on any atom is 0.292 e. The van der Waals surface area contributed by atoms with E-state index < -0.39 is 0 Å². The third-order valence-corrected chi connectivity index (χ3v) is 2.29. The van der Waals surface area contributed by atoms with E-state index in [0.29, 0.717) is 11.6 Å². The summed E-state index contributed by atoms with van der Waals surface area (Å²) < 4.78 is 10.2. The van der Waals surface area contributed by atoms with Crippen LogP contribution in [0.4, 0.5) is 5.82 Å². The largest absolute Gasteiger partial charge is 0.493 e. The molecule has 0 unspecified atom stereocenters. The third kappa shape index (κ3) is 2.28. The lowest BCUT2D eigenvalue weighted by Gasteiger charge is -2.07. The molecule has 0 bridgehead atoms. The first-order chi connectivity index (χ1) is 8.22. The van der Waals surface area contributed by atoms with Crippen molar-refractivity contribution in [3.63, 3.8) is 0 Å². The monoisotopic (exact) mass is 232 g/mol. The van der Waals surface area contributed by atoms with Crippen molar-refractivity contribution in [1.29, 1.82) is 0 Å². The molecule has 0 spiro atoms. The Labute approximate surface area is 98.4 Å². The number of nitrogens with one attached hydrogen (secondary N) is 1. The Morgan fingerprint density at radius 1 is 1.47 bits per heavy atom. The van der Waals surface area contributed by atoms with Crippen LogP contribution in [-0.4, -0.2) is 18.0 Å². The molecule has 5 nitrogen and oxygen atoms in total. The van der Waals surface area contributed by atoms with Crippen molar-refractivity contribution in [3.05, 3.63) is 42.0 Å². The van der Waals surface area contributed by atoms with Gasteiger partial charge in [-0.1, -0.05) is 0 Å². The number of carbonyl (C=O) groups excluding carboxylic acids is 1. The lowest BCUT2D eigenvalue weighted by atomic mass is 10.2. The maximum atomic E-state index is 11.9. The molecule has 2 heterocycles. The minimum atomic E-state index is -0.343. The molecule has 1 amide bonds. The summed E-state index contributed by atoms with van der Waals surface area (Å²) in [6, 6.07) is 5.18. The highest BCUT2D eigenvalue weighted by Crippen LogP contribution is 2.21. The van der Waals surface area contributed by atoms with Crippen LogP contribution in [0.15, 0.2) is 35.1 Å². The van der Waals surface area contributed by atoms with Crippen molar-refractivity contribution >= 4 is 11.7 Å². The fourth-order valence-corrected chi connectivity index (χ4v) is 1.42. The Morgan fingerprint density at radius 3 is 2.94 bits per heavy atom. The van der Waals surface area contributed by atoms with Gasteiger partial charge in [0.15, 0.2) is 17.3 Å². The number of aromatic nitrogens is 1. The standard InChI is InChI=1S/C12H12N2O3/c1-8-5-7-17-10(8)12(15)14-11-9(16-2)4-3-6-13-11/h3-7H,1-2H3,(H,13,14,15). The number of pyridine rings is 1. The van der Waals surface area contributed by atoms with Crippen molar-refractivity contribution < 1.29 is 13.9 Å². The van der Waals surface area contributed by atoms with Gasteiger partial charge in [-0.15, -0.1) is 0 Å². The Hall–Kier alpha value is -2.30. The summed E-state index contributed by atoms with van der Waals surface area (Å²) in [5.74, 6) is 0.808. The van der Waals surface area contributed by atoms with Crippen molar-refractivity contribution in [3.8, 4) is 5.75 Å². The molecular weight excluding hydrogens is 220 g/mol. The first kappa shape index (κ1) is 11.2. The normalized spacial score (nSPS) is 10.0. The van der Waals surface area contributed by atoms with E-state index >= 15 is 0 Å². The van der Waals surface area contributed by atoms with Crippen LogP contribution in [0.3, 0.4) is 0 Å². The van der Waals surface area contributed by atoms with E-state index in [1.807, 2.05) is 0 Å². The number of nitrogens with zero attached hydrogens (tertiary/aromatic N) is 1. The van der Waals surface area contributed by atoms with Gasteiger partial charge in [0.1, 0.15) is 0 Å². The number of hydrogen-bond acceptors (Lipinski definition) is 4. The highest BCUT2D eigenvalue weighted by atomic mass is 16.5. The number of methoxy groups -OCH3 is 1. The second kappa shape index (κ2) is 4.69. The van der Waals surface area contributed by atoms with Gasteiger partial charge in [0.05, 0.1) is 13.4 Å². The van der Waals surface area contributed by atoms with E-state index in [2.05, 4.69) is 10.3 Å². The SMILES string of the molecule is COc1cccnc1NC(=O)c1occc1C. The van der Waals surface area contributed by atoms with Crippen LogP contribution in [0.2, 0.25) is 0 Å². The van der Waals surface area contributed by atoms with Crippen LogP contribution in [0, 0.1) is 6.92 Å². The number of carbonyl (C=O) groups is 1. The zero-order chi connectivity index (χ0) is 12.3. The van der Waals surface area contributed by atoms with Crippen molar-refractivity contribution in [2.45, 2.75) is 6.92 Å². The zero-order valence-electron chi connectivity index (χ0n) is 9.56. The van der Waals surface area contributed by atoms with E-state index in [1.54, 1.807) is 31.3 Å². The van der Waals surface area contributed by atoms with Crippen LogP contribution in [0.5, 0.6) is 5.75 Å². The molecule has 1 N–H and O–H groups in total. The van der Waals surface area contributed by atoms with Gasteiger partial charge >= 0.3 is 0 Å². The molecule has 0 fully saturated rings. The second-order valence-electron chi connectivity index (χ2n) is 3.44. The van der Waals surface area contributed by atoms with Crippen molar-refractivity contribution in [2.75, 3.05) is 12.4 Å². The van der Waals surface area contributed by atoms with Gasteiger partial charge in [0, 0.05) is 11.8 Å². The van der Waals surface area contributed by atoms with Gasteiger partial charge in [0.2, 0.25) is 0 Å². The topological polar surface area (TPSA) is 64.4 Å². The maximum absolute atomic E-state index is 11.9. The van der Waals surface area contributed by atoms with Crippen LogP contribution in [0.1, 0.15) is 16.1 Å². The Balaban J connectivity index is 2.22. The number of aryl methyl sites for hydroxylation is 1. The summed E-state index contributed by atoms with van der Waals surface area (Å²) in [4.78, 5) is 15.9. The fourth-order valence-electron chi connectivity index (χ4n) is 1.42. The molecule has 0 radical (unpaired) electrons. The van der Waals surface area contributed by atoms with Crippen molar-refractivity contribution in [1.82, 2.24) is 4.98 Å². The molecule has 0 aliphatic rings. The average Bonchev–Trinajstić information content (AvgIpc) is 2.76. The lowest BCUT2D eigenvalue weighted by Crippen LogP contribution is -2.13. The second-order valence-corrected chi connectivity index (χ2v) is 3.44. The molecule has 2 aromatic heterocycles. The minimum absolute atomic E-state index is 0.276. The van der Waals surface area contributed by atoms with Crippen LogP contribution >= 0.6 is 0 Å². The van der Waals surface area contributed by atoms with Crippen LogP contribution in [-0.2, 0) is 0 Å². The molecule has 5 heteroatoms. The molecule has 0 saturated heterocycles. The predicted molar refractivity (Wildman–Crippen MR) is 62.2 cm³/mol. The van der Waals surface area contributed by atoms with Crippen molar-refractivity contribution in [2.24, 2.45) is 0 Å². The summed E-state index contributed by atoms with van der Waals surface area (Å²) >= 11 is 0. The Morgan fingerprint density at radius 2 is 2.29 bits per heavy atom. The predicted octanol–water partition coefficient (Wildman–Crippen LogP) is 2.24. The summed E-state index contributed by atoms with van der Waals surface area (Å²) in [6.45, 7) is 1.80. The quantitative estimate of drug-likeness (QED) is 0.881. The summed E-state index contributed by atoms with van der Waals surface area (Å²) in [6.07, 6.45) is 3.05. The van der Waals surface area contributed by atoms with Crippen LogP contribution < -0.4 is 10.1 Å². The van der Waals surface area contributed by atoms with Gasteiger partial charge in [-0.25, -0.2) is 4.98 Å².